The summed E-state index contributed by atoms with van der Waals surface area (Å²) in [4.78, 5) is 27.4. The predicted octanol–water partition coefficient (Wildman–Crippen LogP) is 5.11. The molecule has 0 radical (unpaired) electrons. The van der Waals surface area contributed by atoms with Gasteiger partial charge in [0.15, 0.2) is 0 Å². The number of rotatable bonds is 6. The maximum atomic E-state index is 13.1. The Bertz CT molecular complexity index is 1230. The molecule has 5 rings (SSSR count). The highest BCUT2D eigenvalue weighted by Gasteiger charge is 2.25. The molecule has 2 aromatic heterocycles. The summed E-state index contributed by atoms with van der Waals surface area (Å²) < 4.78 is 5.72. The second-order valence-electron chi connectivity index (χ2n) is 8.04. The van der Waals surface area contributed by atoms with Crippen LogP contribution >= 0.6 is 11.3 Å². The van der Waals surface area contributed by atoms with Gasteiger partial charge in [0.05, 0.1) is 12.0 Å². The lowest BCUT2D eigenvalue weighted by Gasteiger charge is -2.35. The van der Waals surface area contributed by atoms with Crippen LogP contribution in [0.2, 0.25) is 0 Å². The van der Waals surface area contributed by atoms with E-state index in [4.69, 9.17) is 9.72 Å². The van der Waals surface area contributed by atoms with E-state index in [9.17, 15) is 4.79 Å². The fourth-order valence-electron chi connectivity index (χ4n) is 4.06. The Morgan fingerprint density at radius 3 is 2.39 bits per heavy atom. The predicted molar refractivity (Wildman–Crippen MR) is 133 cm³/mol. The Kier molecular flexibility index (Phi) is 6.21. The van der Waals surface area contributed by atoms with Crippen molar-refractivity contribution in [2.75, 3.05) is 37.7 Å². The molecule has 0 saturated carbocycles. The summed E-state index contributed by atoms with van der Waals surface area (Å²) in [5, 5.41) is 3.07. The standard InChI is InChI=1S/C26H26N4O2S/c1-2-17-32-26-27-23(22-12-18-33-24(22)28-26)29-13-15-30(16-14-29)25(31)21-10-8-20(9-11-21)19-6-4-3-5-7-19/h3-12,18H,2,13-17H2,1H3. The van der Waals surface area contributed by atoms with Gasteiger partial charge in [0.25, 0.3) is 5.91 Å². The van der Waals surface area contributed by atoms with Crippen LogP contribution in [-0.4, -0.2) is 53.6 Å². The van der Waals surface area contributed by atoms with E-state index in [0.717, 1.165) is 52.2 Å². The summed E-state index contributed by atoms with van der Waals surface area (Å²) in [5.41, 5.74) is 2.99. The summed E-state index contributed by atoms with van der Waals surface area (Å²) >= 11 is 1.59. The Morgan fingerprint density at radius 2 is 1.67 bits per heavy atom. The Balaban J connectivity index is 1.27. The zero-order valence-electron chi connectivity index (χ0n) is 18.6. The molecule has 0 unspecified atom stereocenters. The number of carbonyl (C=O) groups excluding carboxylic acids is 1. The van der Waals surface area contributed by atoms with E-state index in [2.05, 4.69) is 35.0 Å². The van der Waals surface area contributed by atoms with E-state index in [1.165, 1.54) is 0 Å². The number of carbonyl (C=O) groups is 1. The number of anilines is 1. The fourth-order valence-corrected chi connectivity index (χ4v) is 4.81. The van der Waals surface area contributed by atoms with Crippen LogP contribution in [0.25, 0.3) is 21.3 Å². The molecule has 3 heterocycles. The molecule has 0 bridgehead atoms. The van der Waals surface area contributed by atoms with Gasteiger partial charge >= 0.3 is 6.01 Å². The summed E-state index contributed by atoms with van der Waals surface area (Å²) in [6.45, 7) is 5.42. The second-order valence-corrected chi connectivity index (χ2v) is 8.93. The molecule has 0 spiro atoms. The Morgan fingerprint density at radius 1 is 0.939 bits per heavy atom. The summed E-state index contributed by atoms with van der Waals surface area (Å²) in [6.07, 6.45) is 0.911. The van der Waals surface area contributed by atoms with Crippen LogP contribution in [0, 0.1) is 0 Å². The van der Waals surface area contributed by atoms with Crippen molar-refractivity contribution in [3.05, 3.63) is 71.6 Å². The maximum absolute atomic E-state index is 13.1. The van der Waals surface area contributed by atoms with E-state index in [1.54, 1.807) is 11.3 Å². The monoisotopic (exact) mass is 458 g/mol. The van der Waals surface area contributed by atoms with Crippen LogP contribution in [0.3, 0.4) is 0 Å². The number of hydrogen-bond donors (Lipinski definition) is 0. The molecule has 0 atom stereocenters. The number of fused-ring (bicyclic) bond motifs is 1. The van der Waals surface area contributed by atoms with Crippen molar-refractivity contribution < 1.29 is 9.53 Å². The lowest BCUT2D eigenvalue weighted by atomic mass is 10.0. The van der Waals surface area contributed by atoms with Gasteiger partial charge in [0.2, 0.25) is 0 Å². The number of benzene rings is 2. The fraction of sp³-hybridized carbons (Fsp3) is 0.269. The molecule has 168 valence electrons. The summed E-state index contributed by atoms with van der Waals surface area (Å²) in [5.74, 6) is 0.969. The second kappa shape index (κ2) is 9.58. The van der Waals surface area contributed by atoms with Gasteiger partial charge in [0.1, 0.15) is 10.6 Å². The smallest absolute Gasteiger partial charge is 0.319 e. The van der Waals surface area contributed by atoms with Crippen LogP contribution in [0.1, 0.15) is 23.7 Å². The number of hydrogen-bond acceptors (Lipinski definition) is 6. The first-order chi connectivity index (χ1) is 16.2. The molecule has 4 aromatic rings. The first-order valence-corrected chi connectivity index (χ1v) is 12.2. The highest BCUT2D eigenvalue weighted by Crippen LogP contribution is 2.30. The van der Waals surface area contributed by atoms with Gasteiger partial charge in [-0.2, -0.15) is 9.97 Å². The maximum Gasteiger partial charge on any atom is 0.319 e. The van der Waals surface area contributed by atoms with Crippen LogP contribution in [0.15, 0.2) is 66.0 Å². The van der Waals surface area contributed by atoms with Gasteiger partial charge < -0.3 is 14.5 Å². The van der Waals surface area contributed by atoms with Gasteiger partial charge in [-0.25, -0.2) is 0 Å². The highest BCUT2D eigenvalue weighted by atomic mass is 32.1. The Labute approximate surface area is 197 Å². The molecule has 1 fully saturated rings. The third kappa shape index (κ3) is 4.54. The average molecular weight is 459 g/mol. The number of aromatic nitrogens is 2. The van der Waals surface area contributed by atoms with Crippen molar-refractivity contribution in [2.24, 2.45) is 0 Å². The number of nitrogens with zero attached hydrogens (tertiary/aromatic N) is 4. The number of thiophene rings is 1. The summed E-state index contributed by atoms with van der Waals surface area (Å²) in [7, 11) is 0. The van der Waals surface area contributed by atoms with Gasteiger partial charge in [-0.05, 0) is 41.1 Å². The Hall–Kier alpha value is -3.45. The quantitative estimate of drug-likeness (QED) is 0.402. The number of amides is 1. The average Bonchev–Trinajstić information content (AvgIpc) is 3.36. The zero-order chi connectivity index (χ0) is 22.6. The van der Waals surface area contributed by atoms with Crippen LogP contribution in [-0.2, 0) is 0 Å². The van der Waals surface area contributed by atoms with Gasteiger partial charge in [-0.15, -0.1) is 11.3 Å². The third-order valence-electron chi connectivity index (χ3n) is 5.83. The van der Waals surface area contributed by atoms with Crippen molar-refractivity contribution in [1.82, 2.24) is 14.9 Å². The molecular formula is C26H26N4O2S. The molecule has 7 heteroatoms. The SMILES string of the molecule is CCCOc1nc(N2CCN(C(=O)c3ccc(-c4ccccc4)cc3)CC2)c2ccsc2n1. The number of ether oxygens (including phenoxy) is 1. The summed E-state index contributed by atoms with van der Waals surface area (Å²) in [6, 6.07) is 20.6. The number of piperazine rings is 1. The molecule has 1 aliphatic heterocycles. The normalized spacial score (nSPS) is 14.0. The molecule has 0 N–H and O–H groups in total. The molecule has 2 aromatic carbocycles. The molecule has 0 aliphatic carbocycles. The van der Waals surface area contributed by atoms with Gasteiger partial charge in [-0.1, -0.05) is 49.4 Å². The minimum atomic E-state index is 0.0737. The minimum absolute atomic E-state index is 0.0737. The van der Waals surface area contributed by atoms with Crippen molar-refractivity contribution >= 4 is 33.3 Å². The molecule has 6 nitrogen and oxygen atoms in total. The molecule has 1 saturated heterocycles. The van der Waals surface area contributed by atoms with Crippen LogP contribution < -0.4 is 9.64 Å². The van der Waals surface area contributed by atoms with Crippen molar-refractivity contribution in [3.63, 3.8) is 0 Å². The van der Waals surface area contributed by atoms with E-state index in [1.807, 2.05) is 52.7 Å². The molecule has 33 heavy (non-hydrogen) atoms. The van der Waals surface area contributed by atoms with E-state index in [-0.39, 0.29) is 5.91 Å². The van der Waals surface area contributed by atoms with E-state index in [0.29, 0.717) is 25.7 Å². The minimum Gasteiger partial charge on any atom is -0.463 e. The largest absolute Gasteiger partial charge is 0.463 e. The topological polar surface area (TPSA) is 58.6 Å². The third-order valence-corrected chi connectivity index (χ3v) is 6.63. The lowest BCUT2D eigenvalue weighted by molar-refractivity contribution is 0.0746. The first kappa shape index (κ1) is 21.4. The first-order valence-electron chi connectivity index (χ1n) is 11.3. The van der Waals surface area contributed by atoms with E-state index < -0.39 is 0 Å². The van der Waals surface area contributed by atoms with Gasteiger partial charge in [-0.3, -0.25) is 4.79 Å². The highest BCUT2D eigenvalue weighted by molar-refractivity contribution is 7.16. The lowest BCUT2D eigenvalue weighted by Crippen LogP contribution is -2.49. The van der Waals surface area contributed by atoms with E-state index >= 15 is 0 Å². The molecular weight excluding hydrogens is 432 g/mol. The molecule has 1 amide bonds. The van der Waals surface area contributed by atoms with Gasteiger partial charge in [0, 0.05) is 31.7 Å². The molecule has 1 aliphatic rings. The van der Waals surface area contributed by atoms with Crippen molar-refractivity contribution in [3.8, 4) is 17.1 Å². The van der Waals surface area contributed by atoms with Crippen LogP contribution in [0.4, 0.5) is 5.82 Å². The van der Waals surface area contributed by atoms with Crippen molar-refractivity contribution in [1.29, 1.82) is 0 Å². The van der Waals surface area contributed by atoms with Crippen molar-refractivity contribution in [2.45, 2.75) is 13.3 Å². The van der Waals surface area contributed by atoms with Crippen LogP contribution in [0.5, 0.6) is 6.01 Å². The zero-order valence-corrected chi connectivity index (χ0v) is 19.4.